The van der Waals surface area contributed by atoms with Crippen LogP contribution in [0.5, 0.6) is 0 Å². The lowest BCUT2D eigenvalue weighted by atomic mass is 10.3. The average molecular weight is 451 g/mol. The third kappa shape index (κ3) is 6.65. The van der Waals surface area contributed by atoms with Gasteiger partial charge in [-0.05, 0) is 40.2 Å². The molecule has 0 aliphatic rings. The first-order valence-electron chi connectivity index (χ1n) is 9.14. The Balaban J connectivity index is 1.44. The molecule has 0 radical (unpaired) electrons. The number of rotatable bonds is 11. The predicted molar refractivity (Wildman–Crippen MR) is 115 cm³/mol. The lowest BCUT2D eigenvalue weighted by Gasteiger charge is -2.20. The molecule has 0 saturated carbocycles. The lowest BCUT2D eigenvalue weighted by molar-refractivity contribution is -0.133. The van der Waals surface area contributed by atoms with Crippen molar-refractivity contribution in [3.8, 4) is 0 Å². The highest BCUT2D eigenvalue weighted by atomic mass is 32.2. The number of thiophene rings is 2. The van der Waals surface area contributed by atoms with Gasteiger partial charge in [0, 0.05) is 22.7 Å². The van der Waals surface area contributed by atoms with Gasteiger partial charge in [0.2, 0.25) is 17.0 Å². The molecule has 11 heteroatoms. The van der Waals surface area contributed by atoms with Crippen LogP contribution in [-0.4, -0.2) is 55.8 Å². The SMILES string of the molecule is CCN(CC(=O)NCc1cccs1)C(=O)CSc1nnnn1CCc1cccs1. The third-order valence-corrected chi connectivity index (χ3v) is 6.84. The van der Waals surface area contributed by atoms with E-state index in [1.807, 2.05) is 35.9 Å². The maximum absolute atomic E-state index is 12.5. The van der Waals surface area contributed by atoms with Crippen LogP contribution in [0.3, 0.4) is 0 Å². The van der Waals surface area contributed by atoms with Crippen LogP contribution in [0.15, 0.2) is 40.2 Å². The largest absolute Gasteiger partial charge is 0.350 e. The normalized spacial score (nSPS) is 10.8. The molecule has 29 heavy (non-hydrogen) atoms. The van der Waals surface area contributed by atoms with E-state index in [2.05, 4.69) is 26.9 Å². The van der Waals surface area contributed by atoms with Crippen LogP contribution in [0.2, 0.25) is 0 Å². The first kappa shape index (κ1) is 21.5. The second-order valence-corrected chi connectivity index (χ2v) is 9.07. The van der Waals surface area contributed by atoms with Gasteiger partial charge in [-0.2, -0.15) is 0 Å². The fraction of sp³-hybridized carbons (Fsp3) is 0.389. The number of likely N-dealkylation sites (N-methyl/N-ethyl adjacent to an activating group) is 1. The van der Waals surface area contributed by atoms with E-state index >= 15 is 0 Å². The molecule has 0 unspecified atom stereocenters. The number of aromatic nitrogens is 4. The molecule has 0 aromatic carbocycles. The standard InChI is InChI=1S/C18H22N6O2S3/c1-2-23(12-16(25)19-11-15-6-4-10-28-15)17(26)13-29-18-20-21-22-24(18)8-7-14-5-3-9-27-14/h3-6,9-10H,2,7-8,11-13H2,1H3,(H,19,25). The van der Waals surface area contributed by atoms with Gasteiger partial charge in [-0.15, -0.1) is 27.8 Å². The molecule has 0 aliphatic heterocycles. The average Bonchev–Trinajstić information content (AvgIpc) is 3.49. The van der Waals surface area contributed by atoms with Gasteiger partial charge in [0.1, 0.15) is 0 Å². The number of carbonyl (C=O) groups excluding carboxylic acids is 2. The Morgan fingerprint density at radius 3 is 2.66 bits per heavy atom. The molecule has 3 aromatic rings. The summed E-state index contributed by atoms with van der Waals surface area (Å²) in [5.41, 5.74) is 0. The van der Waals surface area contributed by atoms with Gasteiger partial charge in [-0.25, -0.2) is 4.68 Å². The van der Waals surface area contributed by atoms with E-state index in [-0.39, 0.29) is 24.1 Å². The van der Waals surface area contributed by atoms with Crippen LogP contribution in [0.1, 0.15) is 16.7 Å². The highest BCUT2D eigenvalue weighted by Crippen LogP contribution is 2.16. The summed E-state index contributed by atoms with van der Waals surface area (Å²) in [6.07, 6.45) is 0.843. The zero-order valence-electron chi connectivity index (χ0n) is 16.0. The van der Waals surface area contributed by atoms with Crippen molar-refractivity contribution >= 4 is 46.2 Å². The van der Waals surface area contributed by atoms with Crippen LogP contribution < -0.4 is 5.32 Å². The second kappa shape index (κ2) is 11.1. The molecule has 0 atom stereocenters. The highest BCUT2D eigenvalue weighted by molar-refractivity contribution is 7.99. The molecule has 3 heterocycles. The summed E-state index contributed by atoms with van der Waals surface area (Å²) >= 11 is 4.58. The van der Waals surface area contributed by atoms with Gasteiger partial charge in [0.25, 0.3) is 0 Å². The summed E-state index contributed by atoms with van der Waals surface area (Å²) in [6.45, 7) is 3.52. The number of carbonyl (C=O) groups is 2. The van der Waals surface area contributed by atoms with Gasteiger partial charge >= 0.3 is 0 Å². The van der Waals surface area contributed by atoms with E-state index in [0.29, 0.717) is 24.8 Å². The summed E-state index contributed by atoms with van der Waals surface area (Å²) in [4.78, 5) is 28.6. The number of aryl methyl sites for hydroxylation is 2. The summed E-state index contributed by atoms with van der Waals surface area (Å²) in [5.74, 6) is -0.0956. The van der Waals surface area contributed by atoms with E-state index in [9.17, 15) is 9.59 Å². The monoisotopic (exact) mass is 450 g/mol. The molecule has 3 aromatic heterocycles. The zero-order valence-corrected chi connectivity index (χ0v) is 18.4. The molecule has 0 spiro atoms. The van der Waals surface area contributed by atoms with E-state index in [0.717, 1.165) is 11.3 Å². The topological polar surface area (TPSA) is 93.0 Å². The Kier molecular flexibility index (Phi) is 8.20. The van der Waals surface area contributed by atoms with Crippen molar-refractivity contribution in [3.05, 3.63) is 44.8 Å². The highest BCUT2D eigenvalue weighted by Gasteiger charge is 2.17. The number of hydrogen-bond acceptors (Lipinski definition) is 8. The molecule has 2 amide bonds. The minimum atomic E-state index is -0.167. The van der Waals surface area contributed by atoms with Crippen LogP contribution in [0.4, 0.5) is 0 Å². The van der Waals surface area contributed by atoms with E-state index in [4.69, 9.17) is 0 Å². The van der Waals surface area contributed by atoms with Crippen molar-refractivity contribution in [2.45, 2.75) is 31.6 Å². The van der Waals surface area contributed by atoms with Crippen LogP contribution in [-0.2, 0) is 29.1 Å². The molecule has 0 fully saturated rings. The number of nitrogens with one attached hydrogen (secondary N) is 1. The van der Waals surface area contributed by atoms with Crippen molar-refractivity contribution in [1.29, 1.82) is 0 Å². The molecule has 0 saturated heterocycles. The van der Waals surface area contributed by atoms with Crippen molar-refractivity contribution < 1.29 is 9.59 Å². The first-order valence-corrected chi connectivity index (χ1v) is 11.9. The Morgan fingerprint density at radius 1 is 1.21 bits per heavy atom. The van der Waals surface area contributed by atoms with Crippen molar-refractivity contribution in [2.24, 2.45) is 0 Å². The van der Waals surface area contributed by atoms with E-state index < -0.39 is 0 Å². The zero-order chi connectivity index (χ0) is 20.5. The Labute approximate surface area is 181 Å². The fourth-order valence-corrected chi connectivity index (χ4v) is 4.68. The molecule has 0 bridgehead atoms. The molecular weight excluding hydrogens is 428 g/mol. The second-order valence-electron chi connectivity index (χ2n) is 6.07. The summed E-state index contributed by atoms with van der Waals surface area (Å²) < 4.78 is 1.71. The molecule has 1 N–H and O–H groups in total. The van der Waals surface area contributed by atoms with Crippen molar-refractivity contribution in [3.63, 3.8) is 0 Å². The van der Waals surface area contributed by atoms with Crippen molar-refractivity contribution in [1.82, 2.24) is 30.4 Å². The third-order valence-electron chi connectivity index (χ3n) is 4.08. The predicted octanol–water partition coefficient (Wildman–Crippen LogP) is 2.30. The van der Waals surface area contributed by atoms with Gasteiger partial charge in [-0.3, -0.25) is 9.59 Å². The lowest BCUT2D eigenvalue weighted by Crippen LogP contribution is -2.41. The number of nitrogens with zero attached hydrogens (tertiary/aromatic N) is 5. The summed E-state index contributed by atoms with van der Waals surface area (Å²) in [6, 6.07) is 8.00. The summed E-state index contributed by atoms with van der Waals surface area (Å²) in [5, 5.41) is 19.2. The molecule has 154 valence electrons. The Hall–Kier alpha value is -2.24. The fourth-order valence-electron chi connectivity index (χ4n) is 2.53. The maximum Gasteiger partial charge on any atom is 0.239 e. The van der Waals surface area contributed by atoms with E-state index in [1.54, 1.807) is 27.4 Å². The Bertz CT molecular complexity index is 895. The van der Waals surface area contributed by atoms with Gasteiger partial charge < -0.3 is 10.2 Å². The van der Waals surface area contributed by atoms with Crippen LogP contribution >= 0.6 is 34.4 Å². The van der Waals surface area contributed by atoms with Gasteiger partial charge in [0.15, 0.2) is 0 Å². The molecule has 8 nitrogen and oxygen atoms in total. The maximum atomic E-state index is 12.5. The Morgan fingerprint density at radius 2 is 1.97 bits per heavy atom. The number of amides is 2. The van der Waals surface area contributed by atoms with Gasteiger partial charge in [-0.1, -0.05) is 23.9 Å². The van der Waals surface area contributed by atoms with Crippen LogP contribution in [0, 0.1) is 0 Å². The molecular formula is C18H22N6O2S3. The number of tetrazole rings is 1. The quantitative estimate of drug-likeness (QED) is 0.451. The first-order chi connectivity index (χ1) is 14.2. The molecule has 3 rings (SSSR count). The minimum Gasteiger partial charge on any atom is -0.350 e. The van der Waals surface area contributed by atoms with E-state index in [1.165, 1.54) is 21.5 Å². The number of hydrogen-bond donors (Lipinski definition) is 1. The van der Waals surface area contributed by atoms with Gasteiger partial charge in [0.05, 0.1) is 25.4 Å². The summed E-state index contributed by atoms with van der Waals surface area (Å²) in [7, 11) is 0. The van der Waals surface area contributed by atoms with Crippen molar-refractivity contribution in [2.75, 3.05) is 18.8 Å². The van der Waals surface area contributed by atoms with Crippen LogP contribution in [0.25, 0.3) is 0 Å². The minimum absolute atomic E-state index is 0.0462. The number of thioether (sulfide) groups is 1. The smallest absolute Gasteiger partial charge is 0.239 e. The molecule has 0 aliphatic carbocycles.